The largest absolute Gasteiger partial charge is 4.00 e. The first-order valence-corrected chi connectivity index (χ1v) is 21.6. The molecular formula is C50H72N4O8Ti2. The maximum Gasteiger partial charge on any atom is 4.00 e. The molecule has 0 saturated carbocycles. The molecule has 2 aliphatic heterocycles. The van der Waals surface area contributed by atoms with Crippen molar-refractivity contribution in [3.8, 4) is 23.0 Å². The predicted octanol–water partition coefficient (Wildman–Crippen LogP) is 5.93. The number of aryl methyl sites for hydroxylation is 8. The first-order chi connectivity index (χ1) is 28.5. The molecule has 0 spiro atoms. The first-order valence-electron chi connectivity index (χ1n) is 21.6. The van der Waals surface area contributed by atoms with Gasteiger partial charge in [-0.1, -0.05) is 48.5 Å². The van der Waals surface area contributed by atoms with Gasteiger partial charge in [-0.2, -0.15) is 0 Å². The van der Waals surface area contributed by atoms with Crippen molar-refractivity contribution in [1.82, 2.24) is 20.4 Å². The number of rotatable bonds is 14. The number of ether oxygens (including phenoxy) is 2. The van der Waals surface area contributed by atoms with E-state index in [1.165, 1.54) is 25.7 Å². The minimum absolute atomic E-state index is 0. The number of hydrogen-bond donors (Lipinski definition) is 2. The Balaban J connectivity index is 0. The van der Waals surface area contributed by atoms with Gasteiger partial charge in [-0.05, 0) is 162 Å². The Hall–Kier alpha value is -2.81. The monoisotopic (exact) mass is 952 g/mol. The molecule has 4 aromatic rings. The Kier molecular flexibility index (Phi) is 33.2. The third-order valence-electron chi connectivity index (χ3n) is 11.2. The summed E-state index contributed by atoms with van der Waals surface area (Å²) in [6, 6.07) is 14.7. The van der Waals surface area contributed by atoms with Crippen LogP contribution in [0.4, 0.5) is 0 Å². The third-order valence-corrected chi connectivity index (χ3v) is 11.2. The second kappa shape index (κ2) is 33.6. The zero-order valence-corrected chi connectivity index (χ0v) is 43.2. The molecule has 0 radical (unpaired) electrons. The van der Waals surface area contributed by atoms with Crippen molar-refractivity contribution in [2.45, 2.75) is 107 Å². The molecule has 2 saturated heterocycles. The van der Waals surface area contributed by atoms with Crippen LogP contribution in [0.15, 0.2) is 48.5 Å². The molecule has 2 fully saturated rings. The molecular weight excluding hydrogens is 880 g/mol. The molecule has 2 aliphatic rings. The maximum atomic E-state index is 12.1. The molecule has 0 unspecified atom stereocenters. The van der Waals surface area contributed by atoms with Crippen molar-refractivity contribution in [2.24, 2.45) is 0 Å². The molecule has 6 rings (SSSR count). The average Bonchev–Trinajstić information content (AvgIpc) is 3.98. The van der Waals surface area contributed by atoms with Gasteiger partial charge in [0.15, 0.2) is 0 Å². The summed E-state index contributed by atoms with van der Waals surface area (Å²) < 4.78 is 9.89. The predicted molar refractivity (Wildman–Crippen MR) is 239 cm³/mol. The second-order valence-electron chi connectivity index (χ2n) is 16.6. The van der Waals surface area contributed by atoms with E-state index in [0.717, 1.165) is 119 Å². The van der Waals surface area contributed by atoms with Gasteiger partial charge >= 0.3 is 43.4 Å². The van der Waals surface area contributed by atoms with Gasteiger partial charge in [-0.3, -0.25) is 0 Å². The summed E-state index contributed by atoms with van der Waals surface area (Å²) in [6.45, 7) is 25.5. The van der Waals surface area contributed by atoms with E-state index in [0.29, 0.717) is 26.2 Å². The number of nitrogens with zero attached hydrogens (tertiary/aromatic N) is 2. The van der Waals surface area contributed by atoms with Crippen LogP contribution in [0, 0.1) is 55.4 Å². The summed E-state index contributed by atoms with van der Waals surface area (Å²) in [4.78, 5) is 4.24. The summed E-state index contributed by atoms with van der Waals surface area (Å²) in [5.74, 6) is 0.397. The number of nitrogens with one attached hydrogen (secondary N) is 2. The molecule has 0 aliphatic carbocycles. The smallest absolute Gasteiger partial charge is 2.00 e. The van der Waals surface area contributed by atoms with Gasteiger partial charge in [0.2, 0.25) is 0 Å². The van der Waals surface area contributed by atoms with Gasteiger partial charge < -0.3 is 61.3 Å². The Labute approximate surface area is 414 Å². The molecule has 0 aromatic heterocycles. The van der Waals surface area contributed by atoms with E-state index in [1.54, 1.807) is 24.3 Å². The number of benzene rings is 4. The minimum atomic E-state index is 0. The van der Waals surface area contributed by atoms with Crippen molar-refractivity contribution in [3.05, 3.63) is 115 Å². The quantitative estimate of drug-likeness (QED) is 0.113. The van der Waals surface area contributed by atoms with E-state index < -0.39 is 0 Å². The fourth-order valence-electron chi connectivity index (χ4n) is 6.67. The summed E-state index contributed by atoms with van der Waals surface area (Å²) in [6.07, 6.45) is 5.11. The second-order valence-corrected chi connectivity index (χ2v) is 16.6. The number of likely N-dealkylation sites (N-methyl/N-ethyl adjacent to an activating group) is 2. The Bertz CT molecular complexity index is 1770. The van der Waals surface area contributed by atoms with E-state index in [4.69, 9.17) is 9.47 Å². The maximum absolute atomic E-state index is 12.1. The molecule has 2 heterocycles. The van der Waals surface area contributed by atoms with Gasteiger partial charge in [0.05, 0.1) is 0 Å². The topological polar surface area (TPSA) is 198 Å². The molecule has 0 bridgehead atoms. The van der Waals surface area contributed by atoms with Crippen LogP contribution in [0.25, 0.3) is 0 Å². The zero-order valence-electron chi connectivity index (χ0n) is 40.1. The number of hydrogen-bond acceptors (Lipinski definition) is 10. The summed E-state index contributed by atoms with van der Waals surface area (Å²) >= 11 is 0. The molecule has 14 heteroatoms. The Morgan fingerprint density at radius 1 is 0.422 bits per heavy atom. The van der Waals surface area contributed by atoms with Gasteiger partial charge in [-0.15, -0.1) is 23.0 Å². The van der Waals surface area contributed by atoms with Gasteiger partial charge in [-0.25, -0.2) is 0 Å². The molecule has 4 aromatic carbocycles. The van der Waals surface area contributed by atoms with Crippen molar-refractivity contribution >= 4 is 0 Å². The van der Waals surface area contributed by atoms with E-state index >= 15 is 0 Å². The molecule has 12 nitrogen and oxygen atoms in total. The van der Waals surface area contributed by atoms with Crippen molar-refractivity contribution in [3.63, 3.8) is 0 Å². The van der Waals surface area contributed by atoms with E-state index in [-0.39, 0.29) is 77.4 Å². The van der Waals surface area contributed by atoms with Crippen molar-refractivity contribution in [2.75, 3.05) is 66.7 Å². The first kappa shape index (κ1) is 63.3. The molecule has 64 heavy (non-hydrogen) atoms. The molecule has 2 N–H and O–H groups in total. The summed E-state index contributed by atoms with van der Waals surface area (Å²) in [5, 5.41) is 54.7. The van der Waals surface area contributed by atoms with Gasteiger partial charge in [0, 0.05) is 78.8 Å². The van der Waals surface area contributed by atoms with Crippen LogP contribution in [0.1, 0.15) is 92.4 Å². The third kappa shape index (κ3) is 23.1. The summed E-state index contributed by atoms with van der Waals surface area (Å²) in [7, 11) is 4.01. The van der Waals surface area contributed by atoms with Gasteiger partial charge in [0.1, 0.15) is 0 Å². The van der Waals surface area contributed by atoms with Crippen molar-refractivity contribution in [1.29, 1.82) is 0 Å². The fourth-order valence-corrected chi connectivity index (χ4v) is 6.67. The molecule has 0 amide bonds. The van der Waals surface area contributed by atoms with E-state index in [9.17, 15) is 20.4 Å². The zero-order chi connectivity index (χ0) is 44.2. The average molecular weight is 953 g/mol. The van der Waals surface area contributed by atoms with Crippen LogP contribution in [0.5, 0.6) is 23.0 Å². The van der Waals surface area contributed by atoms with Crippen LogP contribution in [0.3, 0.4) is 0 Å². The summed E-state index contributed by atoms with van der Waals surface area (Å²) in [5.41, 5.74) is 12.0. The Morgan fingerprint density at radius 3 is 0.906 bits per heavy atom. The van der Waals surface area contributed by atoms with Crippen LogP contribution >= 0.6 is 0 Å². The molecule has 0 atom stereocenters. The normalized spacial score (nSPS) is 12.6. The van der Waals surface area contributed by atoms with Crippen LogP contribution in [0.2, 0.25) is 0 Å². The van der Waals surface area contributed by atoms with Crippen LogP contribution in [-0.4, -0.2) is 76.5 Å². The SMILES string of the molecule is C1CCOC1.C1CCOC1.Cc1cc([O-])c(CNCCN(C)Cc2cc(C)c(C)cc2[O-])cc1C.Cc1cc([O-])c(CNCCN(C)Cc2cc(C)c(C)cc2[O-])cc1C.[O-2].[O-2].[Ti+4].[Ti+4]. The van der Waals surface area contributed by atoms with E-state index in [2.05, 4.69) is 20.4 Å². The van der Waals surface area contributed by atoms with Gasteiger partial charge in [0.25, 0.3) is 0 Å². The molecule has 348 valence electrons. The Morgan fingerprint density at radius 2 is 0.656 bits per heavy atom. The van der Waals surface area contributed by atoms with E-state index in [1.807, 2.05) is 93.8 Å². The minimum Gasteiger partial charge on any atom is -2.00 e. The standard InChI is InChI=1S/2C21H30N2O2.2C4H8O.2O.2Ti/c2*1-14-8-18(20(24)10-16(14)3)12-22-6-7-23(5)13-19-9-15(2)17(4)11-21(19)25;2*1-2-4-5-3-1;;;;/h2*8-11,22,24-25H,6-7,12-13H2,1-5H3;2*1-4H2;;;;/q;;;;2*-2;2*+4/p-4. The van der Waals surface area contributed by atoms with Crippen LogP contribution < -0.4 is 31.1 Å². The fraction of sp³-hybridized carbons (Fsp3) is 0.520. The van der Waals surface area contributed by atoms with Crippen LogP contribution in [-0.2, 0) is 90.0 Å². The van der Waals surface area contributed by atoms with Crippen molar-refractivity contribution < 1.29 is 84.3 Å².